The number of allylic oxidation sites excluding steroid dienone is 1. The molecule has 0 saturated heterocycles. The Bertz CT molecular complexity index is 402. The molecule has 0 unspecified atom stereocenters. The molecule has 0 fully saturated rings. The van der Waals surface area contributed by atoms with Crippen molar-refractivity contribution in [2.75, 3.05) is 6.54 Å². The number of carbonyl (C=O) groups excluding carboxylic acids is 1. The van der Waals surface area contributed by atoms with E-state index in [0.29, 0.717) is 22.2 Å². The van der Waals surface area contributed by atoms with Gasteiger partial charge < -0.3 is 5.32 Å². The molecule has 1 amide bonds. The average molecular weight is 258 g/mol. The molecule has 1 aromatic rings. The molecule has 0 heterocycles. The first kappa shape index (κ1) is 13.1. The van der Waals surface area contributed by atoms with Gasteiger partial charge in [0.05, 0.1) is 10.6 Å². The predicted octanol–water partition coefficient (Wildman–Crippen LogP) is 3.69. The first-order chi connectivity index (χ1) is 7.65. The highest BCUT2D eigenvalue weighted by Gasteiger charge is 2.09. The highest BCUT2D eigenvalue weighted by molar-refractivity contribution is 6.36. The molecule has 1 rings (SSSR count). The van der Waals surface area contributed by atoms with Crippen molar-refractivity contribution < 1.29 is 4.79 Å². The van der Waals surface area contributed by atoms with Gasteiger partial charge in [-0.2, -0.15) is 0 Å². The van der Waals surface area contributed by atoms with Crippen LogP contribution in [0.25, 0.3) is 0 Å². The zero-order valence-electron chi connectivity index (χ0n) is 8.97. The number of rotatable bonds is 4. The Balaban J connectivity index is 2.59. The molecular formula is C12H13Cl2NO. The van der Waals surface area contributed by atoms with Crippen LogP contribution < -0.4 is 5.32 Å². The number of benzene rings is 1. The van der Waals surface area contributed by atoms with E-state index in [1.807, 2.05) is 19.1 Å². The molecule has 0 radical (unpaired) electrons. The summed E-state index contributed by atoms with van der Waals surface area (Å²) in [7, 11) is 0. The lowest BCUT2D eigenvalue weighted by molar-refractivity contribution is 0.0954. The predicted molar refractivity (Wildman–Crippen MR) is 68.2 cm³/mol. The number of carbonyl (C=O) groups is 1. The van der Waals surface area contributed by atoms with Crippen LogP contribution in [-0.2, 0) is 0 Å². The zero-order chi connectivity index (χ0) is 12.0. The summed E-state index contributed by atoms with van der Waals surface area (Å²) in [6.07, 6.45) is 4.75. The number of amides is 1. The molecule has 1 aromatic carbocycles. The van der Waals surface area contributed by atoms with Gasteiger partial charge in [0.1, 0.15) is 0 Å². The summed E-state index contributed by atoms with van der Waals surface area (Å²) in [5.41, 5.74) is 0.451. The summed E-state index contributed by atoms with van der Waals surface area (Å²) in [5, 5.41) is 3.67. The Morgan fingerprint density at radius 2 is 2.19 bits per heavy atom. The maximum absolute atomic E-state index is 11.7. The maximum Gasteiger partial charge on any atom is 0.252 e. The SMILES string of the molecule is C/C=C/CCNC(=O)c1ccc(Cl)cc1Cl. The van der Waals surface area contributed by atoms with Crippen molar-refractivity contribution in [3.8, 4) is 0 Å². The van der Waals surface area contributed by atoms with Crippen LogP contribution in [0.3, 0.4) is 0 Å². The highest BCUT2D eigenvalue weighted by Crippen LogP contribution is 2.20. The van der Waals surface area contributed by atoms with Gasteiger partial charge >= 0.3 is 0 Å². The number of nitrogens with one attached hydrogen (secondary N) is 1. The highest BCUT2D eigenvalue weighted by atomic mass is 35.5. The quantitative estimate of drug-likeness (QED) is 0.647. The van der Waals surface area contributed by atoms with Crippen LogP contribution in [0.15, 0.2) is 30.4 Å². The van der Waals surface area contributed by atoms with Crippen LogP contribution in [0, 0.1) is 0 Å². The smallest absolute Gasteiger partial charge is 0.252 e. The van der Waals surface area contributed by atoms with Crippen molar-refractivity contribution in [2.24, 2.45) is 0 Å². The molecule has 16 heavy (non-hydrogen) atoms. The van der Waals surface area contributed by atoms with Crippen LogP contribution >= 0.6 is 23.2 Å². The summed E-state index contributed by atoms with van der Waals surface area (Å²) in [4.78, 5) is 11.7. The molecule has 0 aromatic heterocycles. The summed E-state index contributed by atoms with van der Waals surface area (Å²) >= 11 is 11.6. The van der Waals surface area contributed by atoms with Gasteiger partial charge in [-0.1, -0.05) is 35.4 Å². The van der Waals surface area contributed by atoms with E-state index in [1.54, 1.807) is 18.2 Å². The Morgan fingerprint density at radius 1 is 1.44 bits per heavy atom. The molecule has 0 aliphatic rings. The second-order valence-electron chi connectivity index (χ2n) is 3.24. The van der Waals surface area contributed by atoms with Crippen molar-refractivity contribution in [3.05, 3.63) is 46.0 Å². The molecular weight excluding hydrogens is 245 g/mol. The van der Waals surface area contributed by atoms with E-state index >= 15 is 0 Å². The van der Waals surface area contributed by atoms with E-state index in [2.05, 4.69) is 5.32 Å². The minimum atomic E-state index is -0.175. The lowest BCUT2D eigenvalue weighted by Crippen LogP contribution is -2.24. The third-order valence-electron chi connectivity index (χ3n) is 2.01. The molecule has 0 atom stereocenters. The molecule has 0 spiro atoms. The lowest BCUT2D eigenvalue weighted by Gasteiger charge is -2.05. The van der Waals surface area contributed by atoms with E-state index in [1.165, 1.54) is 0 Å². The topological polar surface area (TPSA) is 29.1 Å². The van der Waals surface area contributed by atoms with Gasteiger partial charge in [-0.15, -0.1) is 0 Å². The molecule has 2 nitrogen and oxygen atoms in total. The van der Waals surface area contributed by atoms with Crippen molar-refractivity contribution in [3.63, 3.8) is 0 Å². The fraction of sp³-hybridized carbons (Fsp3) is 0.250. The van der Waals surface area contributed by atoms with Gasteiger partial charge in [-0.25, -0.2) is 0 Å². The fourth-order valence-electron chi connectivity index (χ4n) is 1.20. The van der Waals surface area contributed by atoms with Crippen LogP contribution in [0.4, 0.5) is 0 Å². The molecule has 86 valence electrons. The van der Waals surface area contributed by atoms with Gasteiger partial charge in [0, 0.05) is 11.6 Å². The number of hydrogen-bond acceptors (Lipinski definition) is 1. The molecule has 1 N–H and O–H groups in total. The first-order valence-electron chi connectivity index (χ1n) is 4.99. The van der Waals surface area contributed by atoms with Crippen molar-refractivity contribution in [2.45, 2.75) is 13.3 Å². The second-order valence-corrected chi connectivity index (χ2v) is 4.08. The standard InChI is InChI=1S/C12H13Cl2NO/c1-2-3-4-7-15-12(16)10-6-5-9(13)8-11(10)14/h2-3,5-6,8H,4,7H2,1H3,(H,15,16)/b3-2+. The second kappa shape index (κ2) is 6.56. The number of hydrogen-bond donors (Lipinski definition) is 1. The van der Waals surface area contributed by atoms with Crippen LogP contribution in [0.2, 0.25) is 10.0 Å². The maximum atomic E-state index is 11.7. The van der Waals surface area contributed by atoms with E-state index in [9.17, 15) is 4.79 Å². The largest absolute Gasteiger partial charge is 0.352 e. The fourth-order valence-corrected chi connectivity index (χ4v) is 1.70. The van der Waals surface area contributed by atoms with Gasteiger partial charge in [0.25, 0.3) is 5.91 Å². The van der Waals surface area contributed by atoms with Crippen LogP contribution in [0.1, 0.15) is 23.7 Å². The van der Waals surface area contributed by atoms with Crippen LogP contribution in [-0.4, -0.2) is 12.5 Å². The van der Waals surface area contributed by atoms with E-state index in [4.69, 9.17) is 23.2 Å². The minimum absolute atomic E-state index is 0.175. The van der Waals surface area contributed by atoms with Crippen molar-refractivity contribution >= 4 is 29.1 Å². The average Bonchev–Trinajstić information content (AvgIpc) is 2.24. The molecule has 4 heteroatoms. The van der Waals surface area contributed by atoms with E-state index in [0.717, 1.165) is 6.42 Å². The van der Waals surface area contributed by atoms with Gasteiger partial charge in [0.15, 0.2) is 0 Å². The van der Waals surface area contributed by atoms with Gasteiger partial charge in [0.2, 0.25) is 0 Å². The van der Waals surface area contributed by atoms with Crippen molar-refractivity contribution in [1.82, 2.24) is 5.32 Å². The summed E-state index contributed by atoms with van der Waals surface area (Å²) in [6.45, 7) is 2.54. The molecule has 0 aliphatic heterocycles. The Kier molecular flexibility index (Phi) is 5.36. The lowest BCUT2D eigenvalue weighted by atomic mass is 10.2. The van der Waals surface area contributed by atoms with Gasteiger partial charge in [-0.05, 0) is 31.5 Å². The summed E-state index contributed by atoms with van der Waals surface area (Å²) < 4.78 is 0. The Labute approximate surface area is 105 Å². The zero-order valence-corrected chi connectivity index (χ0v) is 10.5. The van der Waals surface area contributed by atoms with Crippen molar-refractivity contribution in [1.29, 1.82) is 0 Å². The van der Waals surface area contributed by atoms with Gasteiger partial charge in [-0.3, -0.25) is 4.79 Å². The summed E-state index contributed by atoms with van der Waals surface area (Å²) in [5.74, 6) is -0.175. The number of halogens is 2. The molecule has 0 saturated carbocycles. The first-order valence-corrected chi connectivity index (χ1v) is 5.75. The molecule has 0 aliphatic carbocycles. The third-order valence-corrected chi connectivity index (χ3v) is 2.56. The van der Waals surface area contributed by atoms with E-state index < -0.39 is 0 Å². The summed E-state index contributed by atoms with van der Waals surface area (Å²) in [6, 6.07) is 4.83. The van der Waals surface area contributed by atoms with Crippen LogP contribution in [0.5, 0.6) is 0 Å². The third kappa shape index (κ3) is 3.87. The Hall–Kier alpha value is -0.990. The normalized spacial score (nSPS) is 10.7. The van der Waals surface area contributed by atoms with E-state index in [-0.39, 0.29) is 5.91 Å². The minimum Gasteiger partial charge on any atom is -0.352 e. The molecule has 0 bridgehead atoms. The monoisotopic (exact) mass is 257 g/mol. The Morgan fingerprint density at radius 3 is 2.81 bits per heavy atom.